The molecule has 60 valence electrons. The molecule has 1 unspecified atom stereocenters. The minimum absolute atomic E-state index is 0.409. The van der Waals surface area contributed by atoms with E-state index in [2.05, 4.69) is 38.1 Å². The summed E-state index contributed by atoms with van der Waals surface area (Å²) in [6, 6.07) is 8.48. The summed E-state index contributed by atoms with van der Waals surface area (Å²) in [7, 11) is -0.409. The van der Waals surface area contributed by atoms with Gasteiger partial charge in [-0.3, -0.25) is 0 Å². The predicted octanol–water partition coefficient (Wildman–Crippen LogP) is 2.38. The third-order valence-electron chi connectivity index (χ3n) is 1.95. The van der Waals surface area contributed by atoms with Crippen LogP contribution < -0.4 is 0 Å². The Bertz CT molecular complexity index is 235. The number of aryl methyl sites for hydroxylation is 1. The van der Waals surface area contributed by atoms with Crippen molar-refractivity contribution in [2.75, 3.05) is 0 Å². The highest BCUT2D eigenvalue weighted by Crippen LogP contribution is 2.18. The summed E-state index contributed by atoms with van der Waals surface area (Å²) in [4.78, 5) is 0. The minimum atomic E-state index is -0.409. The zero-order valence-electron chi connectivity index (χ0n) is 6.97. The van der Waals surface area contributed by atoms with Gasteiger partial charge in [-0.05, 0) is 23.6 Å². The van der Waals surface area contributed by atoms with Crippen molar-refractivity contribution in [2.45, 2.75) is 19.4 Å². The zero-order valence-corrected chi connectivity index (χ0v) is 9.14. The summed E-state index contributed by atoms with van der Waals surface area (Å²) >= 11 is 5.90. The van der Waals surface area contributed by atoms with E-state index in [4.69, 9.17) is 11.1 Å². The molecule has 1 atom stereocenters. The van der Waals surface area contributed by atoms with Crippen LogP contribution in [0.4, 0.5) is 0 Å². The van der Waals surface area contributed by atoms with Crippen LogP contribution in [-0.2, 0) is 0 Å². The van der Waals surface area contributed by atoms with Crippen molar-refractivity contribution in [2.24, 2.45) is 0 Å². The molecular formula is C9H13ClSi. The maximum atomic E-state index is 5.90. The fraction of sp³-hybridized carbons (Fsp3) is 0.333. The van der Waals surface area contributed by atoms with Crippen molar-refractivity contribution in [3.05, 3.63) is 35.4 Å². The molecule has 2 heteroatoms. The van der Waals surface area contributed by atoms with Crippen molar-refractivity contribution in [3.8, 4) is 0 Å². The van der Waals surface area contributed by atoms with E-state index in [0.29, 0.717) is 5.54 Å². The highest BCUT2D eigenvalue weighted by atomic mass is 35.6. The summed E-state index contributed by atoms with van der Waals surface area (Å²) in [5.41, 5.74) is 3.40. The Balaban J connectivity index is 2.93. The molecule has 11 heavy (non-hydrogen) atoms. The first-order chi connectivity index (χ1) is 5.25. The molecule has 1 aromatic carbocycles. The van der Waals surface area contributed by atoms with Gasteiger partial charge in [0.25, 0.3) is 0 Å². The summed E-state index contributed by atoms with van der Waals surface area (Å²) < 4.78 is 0. The molecule has 0 fully saturated rings. The average molecular weight is 185 g/mol. The van der Waals surface area contributed by atoms with Crippen molar-refractivity contribution >= 4 is 19.9 Å². The Kier molecular flexibility index (Phi) is 3.15. The van der Waals surface area contributed by atoms with Crippen LogP contribution in [0.1, 0.15) is 23.6 Å². The number of hydrogen-bond donors (Lipinski definition) is 0. The monoisotopic (exact) mass is 184 g/mol. The lowest BCUT2D eigenvalue weighted by Crippen LogP contribution is -1.99. The van der Waals surface area contributed by atoms with Crippen molar-refractivity contribution < 1.29 is 0 Å². The maximum Gasteiger partial charge on any atom is 0.132 e. The molecule has 0 spiro atoms. The summed E-state index contributed by atoms with van der Waals surface area (Å²) in [6.45, 7) is 4.36. The van der Waals surface area contributed by atoms with Gasteiger partial charge in [-0.1, -0.05) is 31.2 Å². The summed E-state index contributed by atoms with van der Waals surface area (Å²) in [5, 5.41) is 0. The number of rotatable bonds is 2. The first kappa shape index (κ1) is 8.82. The Hall–Kier alpha value is -0.273. The maximum absolute atomic E-state index is 5.90. The van der Waals surface area contributed by atoms with Gasteiger partial charge in [0.1, 0.15) is 8.83 Å². The topological polar surface area (TPSA) is 0 Å². The van der Waals surface area contributed by atoms with Crippen molar-refractivity contribution in [1.29, 1.82) is 0 Å². The van der Waals surface area contributed by atoms with Gasteiger partial charge in [0.2, 0.25) is 0 Å². The second-order valence-corrected chi connectivity index (χ2v) is 5.37. The Morgan fingerprint density at radius 1 is 1.36 bits per heavy atom. The zero-order chi connectivity index (χ0) is 8.27. The van der Waals surface area contributed by atoms with E-state index >= 15 is 0 Å². The van der Waals surface area contributed by atoms with Crippen LogP contribution >= 0.6 is 11.1 Å². The molecular weight excluding hydrogens is 172 g/mol. The Labute approximate surface area is 75.1 Å². The van der Waals surface area contributed by atoms with Crippen LogP contribution in [-0.4, -0.2) is 8.83 Å². The lowest BCUT2D eigenvalue weighted by molar-refractivity contribution is 1.05. The van der Waals surface area contributed by atoms with Gasteiger partial charge in [0, 0.05) is 0 Å². The molecule has 1 aromatic rings. The molecule has 0 bridgehead atoms. The van der Waals surface area contributed by atoms with Gasteiger partial charge in [0.15, 0.2) is 0 Å². The van der Waals surface area contributed by atoms with Crippen LogP contribution in [0.25, 0.3) is 0 Å². The molecule has 0 N–H and O–H groups in total. The normalized spacial score (nSPS) is 14.1. The van der Waals surface area contributed by atoms with Gasteiger partial charge in [0.05, 0.1) is 0 Å². The lowest BCUT2D eigenvalue weighted by Gasteiger charge is -2.09. The number of benzene rings is 1. The van der Waals surface area contributed by atoms with Gasteiger partial charge >= 0.3 is 0 Å². The molecule has 0 aliphatic heterocycles. The van der Waals surface area contributed by atoms with Gasteiger partial charge in [-0.25, -0.2) is 0 Å². The molecule has 0 aliphatic carbocycles. The molecule has 1 rings (SSSR count). The minimum Gasteiger partial charge on any atom is -0.176 e. The third kappa shape index (κ3) is 2.08. The van der Waals surface area contributed by atoms with E-state index < -0.39 is 8.83 Å². The fourth-order valence-corrected chi connectivity index (χ4v) is 2.35. The molecule has 0 amide bonds. The number of hydrogen-bond acceptors (Lipinski definition) is 0. The second kappa shape index (κ2) is 3.93. The Morgan fingerprint density at radius 3 is 2.55 bits per heavy atom. The molecule has 0 nitrogen and oxygen atoms in total. The van der Waals surface area contributed by atoms with E-state index in [1.165, 1.54) is 11.1 Å². The highest BCUT2D eigenvalue weighted by Gasteiger charge is 2.05. The van der Waals surface area contributed by atoms with Gasteiger partial charge in [-0.2, -0.15) is 11.1 Å². The average Bonchev–Trinajstić information content (AvgIpc) is 2.04. The standard InChI is InChI=1S/C9H13ClSi/c1-7-5-3-4-6-9(7)8(2)11-10/h3-6,8H,11H2,1-2H3. The first-order valence-corrected chi connectivity index (χ1v) is 6.82. The smallest absolute Gasteiger partial charge is 0.132 e. The highest BCUT2D eigenvalue weighted by molar-refractivity contribution is 6.94. The van der Waals surface area contributed by atoms with Crippen LogP contribution in [0.5, 0.6) is 0 Å². The van der Waals surface area contributed by atoms with E-state index in [-0.39, 0.29) is 0 Å². The van der Waals surface area contributed by atoms with Crippen LogP contribution in [0.3, 0.4) is 0 Å². The van der Waals surface area contributed by atoms with Gasteiger partial charge in [-0.15, -0.1) is 0 Å². The summed E-state index contributed by atoms with van der Waals surface area (Å²) in [6.07, 6.45) is 0. The van der Waals surface area contributed by atoms with Crippen molar-refractivity contribution in [3.63, 3.8) is 0 Å². The number of halogens is 1. The van der Waals surface area contributed by atoms with Crippen LogP contribution in [0.15, 0.2) is 24.3 Å². The van der Waals surface area contributed by atoms with E-state index in [9.17, 15) is 0 Å². The first-order valence-electron chi connectivity index (χ1n) is 3.87. The predicted molar refractivity (Wildman–Crippen MR) is 54.0 cm³/mol. The molecule has 0 aromatic heterocycles. The van der Waals surface area contributed by atoms with Crippen LogP contribution in [0, 0.1) is 6.92 Å². The molecule has 0 aliphatic rings. The largest absolute Gasteiger partial charge is 0.176 e. The fourth-order valence-electron chi connectivity index (χ4n) is 1.22. The molecule has 0 saturated carbocycles. The van der Waals surface area contributed by atoms with E-state index in [1.807, 2.05) is 0 Å². The van der Waals surface area contributed by atoms with Crippen LogP contribution in [0.2, 0.25) is 0 Å². The van der Waals surface area contributed by atoms with Gasteiger partial charge < -0.3 is 0 Å². The molecule has 0 radical (unpaired) electrons. The molecule has 0 heterocycles. The van der Waals surface area contributed by atoms with E-state index in [1.54, 1.807) is 0 Å². The SMILES string of the molecule is Cc1ccccc1C(C)[SiH2]Cl. The van der Waals surface area contributed by atoms with Crippen molar-refractivity contribution in [1.82, 2.24) is 0 Å². The van der Waals surface area contributed by atoms with E-state index in [0.717, 1.165) is 0 Å². The Morgan fingerprint density at radius 2 is 2.00 bits per heavy atom. The third-order valence-corrected chi connectivity index (χ3v) is 4.24. The lowest BCUT2D eigenvalue weighted by atomic mass is 10.1. The molecule has 0 saturated heterocycles. The quantitative estimate of drug-likeness (QED) is 0.489. The summed E-state index contributed by atoms with van der Waals surface area (Å²) in [5.74, 6) is 0. The second-order valence-electron chi connectivity index (χ2n) is 2.91.